The first-order valence-corrected chi connectivity index (χ1v) is 6.68. The smallest absolute Gasteiger partial charge is 0.0405 e. The van der Waals surface area contributed by atoms with Crippen LogP contribution in [-0.4, -0.2) is 31.6 Å². The van der Waals surface area contributed by atoms with Crippen molar-refractivity contribution in [3.8, 4) is 0 Å². The van der Waals surface area contributed by atoms with E-state index in [0.29, 0.717) is 0 Å². The lowest BCUT2D eigenvalue weighted by atomic mass is 9.76. The number of hydrogen-bond donors (Lipinski definition) is 1. The summed E-state index contributed by atoms with van der Waals surface area (Å²) in [5, 5.41) is 3.65. The minimum atomic E-state index is 0.779. The molecule has 2 aliphatic rings. The van der Waals surface area contributed by atoms with Crippen molar-refractivity contribution >= 4 is 5.69 Å². The monoisotopic (exact) mass is 230 g/mol. The van der Waals surface area contributed by atoms with E-state index in [-0.39, 0.29) is 0 Å². The number of rotatable bonds is 0. The maximum absolute atomic E-state index is 3.65. The van der Waals surface area contributed by atoms with Gasteiger partial charge < -0.3 is 10.2 Å². The Hall–Kier alpha value is -1.02. The van der Waals surface area contributed by atoms with Crippen LogP contribution < -0.4 is 5.32 Å². The summed E-state index contributed by atoms with van der Waals surface area (Å²) >= 11 is 0. The zero-order chi connectivity index (χ0) is 12.0. The van der Waals surface area contributed by atoms with Crippen molar-refractivity contribution in [3.63, 3.8) is 0 Å². The van der Waals surface area contributed by atoms with Gasteiger partial charge in [-0.3, -0.25) is 0 Å². The van der Waals surface area contributed by atoms with E-state index in [9.17, 15) is 0 Å². The van der Waals surface area contributed by atoms with E-state index in [1.54, 1.807) is 5.56 Å². The average Bonchev–Trinajstić information content (AvgIpc) is 2.27. The lowest BCUT2D eigenvalue weighted by molar-refractivity contribution is 0.187. The third-order valence-corrected chi connectivity index (χ3v) is 4.39. The number of benzene rings is 1. The first-order valence-electron chi connectivity index (χ1n) is 6.68. The van der Waals surface area contributed by atoms with Crippen molar-refractivity contribution < 1.29 is 0 Å². The second-order valence-electron chi connectivity index (χ2n) is 5.84. The molecule has 1 N–H and O–H groups in total. The summed E-state index contributed by atoms with van der Waals surface area (Å²) in [5.74, 6) is 1.57. The highest BCUT2D eigenvalue weighted by molar-refractivity contribution is 5.62. The van der Waals surface area contributed by atoms with Gasteiger partial charge in [-0.1, -0.05) is 17.7 Å². The van der Waals surface area contributed by atoms with Crippen molar-refractivity contribution in [3.05, 3.63) is 28.8 Å². The van der Waals surface area contributed by atoms with Crippen LogP contribution in [0.5, 0.6) is 0 Å². The van der Waals surface area contributed by atoms with Crippen molar-refractivity contribution in [1.82, 2.24) is 4.90 Å². The second kappa shape index (κ2) is 4.02. The van der Waals surface area contributed by atoms with Crippen LogP contribution >= 0.6 is 0 Å². The largest absolute Gasteiger partial charge is 0.384 e. The van der Waals surface area contributed by atoms with Crippen LogP contribution in [0.2, 0.25) is 0 Å². The maximum atomic E-state index is 3.65. The normalized spacial score (nSPS) is 28.2. The number of aryl methyl sites for hydroxylation is 2. The van der Waals surface area contributed by atoms with Gasteiger partial charge in [0.25, 0.3) is 0 Å². The lowest BCUT2D eigenvalue weighted by Gasteiger charge is -2.42. The van der Waals surface area contributed by atoms with Crippen LogP contribution in [0, 0.1) is 19.8 Å². The quantitative estimate of drug-likeness (QED) is 0.737. The molecule has 2 unspecified atom stereocenters. The van der Waals surface area contributed by atoms with Gasteiger partial charge in [-0.2, -0.15) is 0 Å². The molecule has 1 aromatic carbocycles. The number of nitrogens with zero attached hydrogens (tertiary/aromatic N) is 1. The van der Waals surface area contributed by atoms with E-state index in [1.807, 2.05) is 0 Å². The van der Waals surface area contributed by atoms with E-state index >= 15 is 0 Å². The Kier molecular flexibility index (Phi) is 2.62. The molecule has 2 heteroatoms. The second-order valence-corrected chi connectivity index (χ2v) is 5.84. The molecule has 0 aliphatic carbocycles. The molecule has 3 rings (SSSR count). The third-order valence-electron chi connectivity index (χ3n) is 4.39. The Morgan fingerprint density at radius 1 is 1.29 bits per heavy atom. The van der Waals surface area contributed by atoms with Crippen LogP contribution in [0.15, 0.2) is 12.1 Å². The SMILES string of the molecule is Cc1cc(C)c2c(c1)C1CCN(C)CC1CN2. The molecule has 1 aromatic rings. The van der Waals surface area contributed by atoms with E-state index in [2.05, 4.69) is 43.2 Å². The molecule has 0 bridgehead atoms. The minimum absolute atomic E-state index is 0.779. The van der Waals surface area contributed by atoms with Gasteiger partial charge in [0.1, 0.15) is 0 Å². The summed E-state index contributed by atoms with van der Waals surface area (Å²) in [6.45, 7) is 8.07. The number of anilines is 1. The lowest BCUT2D eigenvalue weighted by Crippen LogP contribution is -2.42. The van der Waals surface area contributed by atoms with Gasteiger partial charge in [0, 0.05) is 18.8 Å². The highest BCUT2D eigenvalue weighted by Gasteiger charge is 2.33. The van der Waals surface area contributed by atoms with Gasteiger partial charge >= 0.3 is 0 Å². The predicted octanol–water partition coefficient (Wildman–Crippen LogP) is 2.76. The van der Waals surface area contributed by atoms with Crippen LogP contribution in [0.4, 0.5) is 5.69 Å². The molecule has 92 valence electrons. The van der Waals surface area contributed by atoms with Crippen LogP contribution in [0.3, 0.4) is 0 Å². The highest BCUT2D eigenvalue weighted by atomic mass is 15.1. The Labute approximate surface area is 104 Å². The first-order chi connectivity index (χ1) is 8.15. The molecule has 0 saturated carbocycles. The fraction of sp³-hybridized carbons (Fsp3) is 0.600. The molecule has 17 heavy (non-hydrogen) atoms. The van der Waals surface area contributed by atoms with Gasteiger partial charge in [-0.05, 0) is 56.8 Å². The average molecular weight is 230 g/mol. The van der Waals surface area contributed by atoms with Gasteiger partial charge in [-0.25, -0.2) is 0 Å². The zero-order valence-corrected chi connectivity index (χ0v) is 11.1. The standard InChI is InChI=1S/C15H22N2/c1-10-6-11(2)15-14(7-10)13-4-5-17(3)9-12(13)8-16-15/h6-7,12-13,16H,4-5,8-9H2,1-3H3. The number of likely N-dealkylation sites (tertiary alicyclic amines) is 1. The summed E-state index contributed by atoms with van der Waals surface area (Å²) in [6.07, 6.45) is 1.32. The first kappa shape index (κ1) is 11.1. The molecule has 0 spiro atoms. The Balaban J connectivity index is 2.01. The van der Waals surface area contributed by atoms with Gasteiger partial charge in [-0.15, -0.1) is 0 Å². The van der Waals surface area contributed by atoms with Crippen molar-refractivity contribution in [1.29, 1.82) is 0 Å². The summed E-state index contributed by atoms with van der Waals surface area (Å²) < 4.78 is 0. The number of piperidine rings is 1. The van der Waals surface area contributed by atoms with E-state index < -0.39 is 0 Å². The van der Waals surface area contributed by atoms with Crippen LogP contribution in [-0.2, 0) is 0 Å². The molecule has 1 saturated heterocycles. The van der Waals surface area contributed by atoms with Crippen molar-refractivity contribution in [2.24, 2.45) is 5.92 Å². The zero-order valence-electron chi connectivity index (χ0n) is 11.1. The van der Waals surface area contributed by atoms with Gasteiger partial charge in [0.15, 0.2) is 0 Å². The number of fused-ring (bicyclic) bond motifs is 3. The summed E-state index contributed by atoms with van der Waals surface area (Å²) in [7, 11) is 2.24. The highest BCUT2D eigenvalue weighted by Crippen LogP contribution is 2.41. The molecule has 2 nitrogen and oxygen atoms in total. The number of hydrogen-bond acceptors (Lipinski definition) is 2. The van der Waals surface area contributed by atoms with Gasteiger partial charge in [0.2, 0.25) is 0 Å². The van der Waals surface area contributed by atoms with Crippen LogP contribution in [0.25, 0.3) is 0 Å². The topological polar surface area (TPSA) is 15.3 Å². The molecule has 1 fully saturated rings. The molecule has 0 amide bonds. The fourth-order valence-electron chi connectivity index (χ4n) is 3.60. The molecule has 0 radical (unpaired) electrons. The van der Waals surface area contributed by atoms with E-state index in [0.717, 1.165) is 18.4 Å². The molecule has 0 aromatic heterocycles. The Morgan fingerprint density at radius 2 is 2.12 bits per heavy atom. The van der Waals surface area contributed by atoms with Crippen molar-refractivity contribution in [2.75, 3.05) is 32.0 Å². The summed E-state index contributed by atoms with van der Waals surface area (Å²) in [5.41, 5.74) is 5.81. The van der Waals surface area contributed by atoms with E-state index in [4.69, 9.17) is 0 Å². The predicted molar refractivity (Wildman–Crippen MR) is 72.8 cm³/mol. The van der Waals surface area contributed by atoms with Gasteiger partial charge in [0.05, 0.1) is 0 Å². The molecule has 2 aliphatic heterocycles. The molecular formula is C15H22N2. The summed E-state index contributed by atoms with van der Waals surface area (Å²) in [6, 6.07) is 4.69. The van der Waals surface area contributed by atoms with E-state index in [1.165, 1.54) is 36.3 Å². The minimum Gasteiger partial charge on any atom is -0.384 e. The Bertz CT molecular complexity index is 439. The fourth-order valence-corrected chi connectivity index (χ4v) is 3.60. The molecule has 2 heterocycles. The number of nitrogens with one attached hydrogen (secondary N) is 1. The Morgan fingerprint density at radius 3 is 2.94 bits per heavy atom. The molecule has 2 atom stereocenters. The third kappa shape index (κ3) is 1.85. The summed E-state index contributed by atoms with van der Waals surface area (Å²) in [4.78, 5) is 2.47. The van der Waals surface area contributed by atoms with Crippen LogP contribution in [0.1, 0.15) is 29.0 Å². The van der Waals surface area contributed by atoms with Crippen molar-refractivity contribution in [2.45, 2.75) is 26.2 Å². The maximum Gasteiger partial charge on any atom is 0.0405 e. The molecular weight excluding hydrogens is 208 g/mol.